The van der Waals surface area contributed by atoms with E-state index in [9.17, 15) is 4.79 Å². The van der Waals surface area contributed by atoms with E-state index in [2.05, 4.69) is 25.7 Å². The maximum atomic E-state index is 11.8. The average Bonchev–Trinajstić information content (AvgIpc) is 2.95. The third kappa shape index (κ3) is 1.95. The number of thiazole rings is 1. The van der Waals surface area contributed by atoms with Crippen LogP contribution in [0.1, 0.15) is 16.1 Å². The predicted molar refractivity (Wildman–Crippen MR) is 68.7 cm³/mol. The van der Waals surface area contributed by atoms with Crippen LogP contribution in [-0.4, -0.2) is 26.3 Å². The van der Waals surface area contributed by atoms with E-state index in [-0.39, 0.29) is 11.6 Å². The van der Waals surface area contributed by atoms with Crippen LogP contribution in [0.15, 0.2) is 24.4 Å². The summed E-state index contributed by atoms with van der Waals surface area (Å²) >= 11 is 1.44. The molecule has 0 atom stereocenters. The Balaban J connectivity index is 1.89. The van der Waals surface area contributed by atoms with Crippen LogP contribution >= 0.6 is 11.3 Å². The molecule has 7 heteroatoms. The molecule has 0 spiro atoms. The van der Waals surface area contributed by atoms with Crippen molar-refractivity contribution < 1.29 is 4.79 Å². The number of hydrogen-bond acceptors (Lipinski definition) is 5. The average molecular weight is 259 g/mol. The number of hydrogen-bond donors (Lipinski definition) is 2. The van der Waals surface area contributed by atoms with Gasteiger partial charge in [-0.25, -0.2) is 4.98 Å². The number of aryl methyl sites for hydroxylation is 1. The molecule has 3 aromatic rings. The molecule has 0 unspecified atom stereocenters. The van der Waals surface area contributed by atoms with Gasteiger partial charge < -0.3 is 0 Å². The largest absolute Gasteiger partial charge is 0.296 e. The molecule has 0 radical (unpaired) electrons. The Bertz CT molecular complexity index is 703. The van der Waals surface area contributed by atoms with Gasteiger partial charge in [0.1, 0.15) is 0 Å². The lowest BCUT2D eigenvalue weighted by molar-refractivity contribution is 0.102. The molecular weight excluding hydrogens is 250 g/mol. The number of carbonyl (C=O) groups is 1. The third-order valence-corrected chi connectivity index (χ3v) is 3.35. The zero-order valence-electron chi connectivity index (χ0n) is 9.47. The van der Waals surface area contributed by atoms with Gasteiger partial charge >= 0.3 is 0 Å². The van der Waals surface area contributed by atoms with Gasteiger partial charge in [0.15, 0.2) is 10.8 Å². The molecular formula is C11H9N5OS. The summed E-state index contributed by atoms with van der Waals surface area (Å²) in [7, 11) is 0. The number of amides is 1. The highest BCUT2D eigenvalue weighted by Gasteiger charge is 2.11. The highest BCUT2D eigenvalue weighted by atomic mass is 32.1. The summed E-state index contributed by atoms with van der Waals surface area (Å²) in [5, 5.41) is 12.9. The van der Waals surface area contributed by atoms with Gasteiger partial charge in [-0.15, -0.1) is 0 Å². The highest BCUT2D eigenvalue weighted by molar-refractivity contribution is 7.22. The molecule has 18 heavy (non-hydrogen) atoms. The van der Waals surface area contributed by atoms with E-state index in [4.69, 9.17) is 0 Å². The Hall–Kier alpha value is -2.28. The lowest BCUT2D eigenvalue weighted by Crippen LogP contribution is -2.11. The molecule has 0 fully saturated rings. The topological polar surface area (TPSA) is 83.6 Å². The summed E-state index contributed by atoms with van der Waals surface area (Å²) in [4.78, 5) is 16.1. The quantitative estimate of drug-likeness (QED) is 0.737. The van der Waals surface area contributed by atoms with E-state index < -0.39 is 0 Å². The summed E-state index contributed by atoms with van der Waals surface area (Å²) in [6.07, 6.45) is 1.37. The smallest absolute Gasteiger partial charge is 0.279 e. The molecule has 1 aromatic carbocycles. The van der Waals surface area contributed by atoms with Crippen molar-refractivity contribution in [1.29, 1.82) is 0 Å². The zero-order valence-corrected chi connectivity index (χ0v) is 10.3. The molecule has 90 valence electrons. The molecule has 2 N–H and O–H groups in total. The van der Waals surface area contributed by atoms with Crippen molar-refractivity contribution in [3.63, 3.8) is 0 Å². The van der Waals surface area contributed by atoms with E-state index in [1.165, 1.54) is 23.1 Å². The zero-order chi connectivity index (χ0) is 12.5. The van der Waals surface area contributed by atoms with Crippen molar-refractivity contribution >= 4 is 32.6 Å². The number of aromatic amines is 1. The highest BCUT2D eigenvalue weighted by Crippen LogP contribution is 2.26. The molecule has 2 heterocycles. The van der Waals surface area contributed by atoms with Crippen molar-refractivity contribution in [3.8, 4) is 0 Å². The second-order valence-corrected chi connectivity index (χ2v) is 4.83. The number of fused-ring (bicyclic) bond motifs is 1. The van der Waals surface area contributed by atoms with Crippen LogP contribution in [0.3, 0.4) is 0 Å². The molecule has 0 aliphatic heterocycles. The van der Waals surface area contributed by atoms with Gasteiger partial charge in [0, 0.05) is 0 Å². The third-order valence-electron chi connectivity index (χ3n) is 2.41. The maximum absolute atomic E-state index is 11.8. The summed E-state index contributed by atoms with van der Waals surface area (Å²) in [6.45, 7) is 2.02. The number of benzene rings is 1. The first-order valence-electron chi connectivity index (χ1n) is 5.27. The first-order valence-corrected chi connectivity index (χ1v) is 6.08. The number of nitrogens with zero attached hydrogens (tertiary/aromatic N) is 3. The monoisotopic (exact) mass is 259 g/mol. The lowest BCUT2D eigenvalue weighted by Gasteiger charge is -1.95. The minimum Gasteiger partial charge on any atom is -0.296 e. The maximum Gasteiger partial charge on any atom is 0.279 e. The van der Waals surface area contributed by atoms with Crippen molar-refractivity contribution in [1.82, 2.24) is 20.4 Å². The number of rotatable bonds is 2. The van der Waals surface area contributed by atoms with Crippen LogP contribution in [0.25, 0.3) is 10.2 Å². The van der Waals surface area contributed by atoms with Gasteiger partial charge in [-0.05, 0) is 24.6 Å². The Morgan fingerprint density at radius 3 is 3.11 bits per heavy atom. The first-order chi connectivity index (χ1) is 8.72. The van der Waals surface area contributed by atoms with Crippen LogP contribution in [0.5, 0.6) is 0 Å². The number of carbonyl (C=O) groups excluding carboxylic acids is 1. The van der Waals surface area contributed by atoms with Gasteiger partial charge in [-0.1, -0.05) is 17.4 Å². The number of nitrogens with one attached hydrogen (secondary N) is 2. The second kappa shape index (κ2) is 4.19. The summed E-state index contributed by atoms with van der Waals surface area (Å²) in [5.74, 6) is -0.320. The molecule has 0 aliphatic rings. The van der Waals surface area contributed by atoms with Gasteiger partial charge in [0.05, 0.1) is 16.4 Å². The van der Waals surface area contributed by atoms with Crippen molar-refractivity contribution in [2.75, 3.05) is 5.32 Å². The Kier molecular flexibility index (Phi) is 2.52. The van der Waals surface area contributed by atoms with E-state index in [0.29, 0.717) is 5.13 Å². The first kappa shape index (κ1) is 10.8. The lowest BCUT2D eigenvalue weighted by atomic mass is 10.2. The van der Waals surface area contributed by atoms with Crippen LogP contribution in [0, 0.1) is 6.92 Å². The normalized spacial score (nSPS) is 10.7. The minimum absolute atomic E-state index is 0.241. The molecule has 3 rings (SSSR count). The van der Waals surface area contributed by atoms with Crippen LogP contribution in [-0.2, 0) is 0 Å². The molecule has 0 aliphatic carbocycles. The SMILES string of the molecule is Cc1ccc2nc(NC(=O)c3cn[nH]n3)sc2c1. The molecule has 0 bridgehead atoms. The summed E-state index contributed by atoms with van der Waals surface area (Å²) in [5.41, 5.74) is 2.28. The van der Waals surface area contributed by atoms with Gasteiger partial charge in [0.2, 0.25) is 0 Å². The molecule has 2 aromatic heterocycles. The summed E-state index contributed by atoms with van der Waals surface area (Å²) < 4.78 is 1.05. The fourth-order valence-corrected chi connectivity index (χ4v) is 2.52. The fraction of sp³-hybridized carbons (Fsp3) is 0.0909. The minimum atomic E-state index is -0.320. The van der Waals surface area contributed by atoms with E-state index in [0.717, 1.165) is 10.2 Å². The molecule has 6 nitrogen and oxygen atoms in total. The Labute approximate surface area is 106 Å². The number of H-pyrrole nitrogens is 1. The van der Waals surface area contributed by atoms with Gasteiger partial charge in [-0.3, -0.25) is 10.1 Å². The van der Waals surface area contributed by atoms with E-state index in [1.807, 2.05) is 25.1 Å². The second-order valence-electron chi connectivity index (χ2n) is 3.80. The fourth-order valence-electron chi connectivity index (χ4n) is 1.56. The number of aromatic nitrogens is 4. The molecule has 1 amide bonds. The Morgan fingerprint density at radius 2 is 2.33 bits per heavy atom. The van der Waals surface area contributed by atoms with Crippen LogP contribution < -0.4 is 5.32 Å². The van der Waals surface area contributed by atoms with Crippen molar-refractivity contribution in [3.05, 3.63) is 35.7 Å². The summed E-state index contributed by atoms with van der Waals surface area (Å²) in [6, 6.07) is 5.97. The molecule has 0 saturated carbocycles. The standard InChI is InChI=1S/C11H9N5OS/c1-6-2-3-7-9(4-6)18-11(13-7)14-10(17)8-5-12-16-15-8/h2-5H,1H3,(H,12,15,16)(H,13,14,17). The van der Waals surface area contributed by atoms with Crippen molar-refractivity contribution in [2.24, 2.45) is 0 Å². The van der Waals surface area contributed by atoms with Gasteiger partial charge in [0.25, 0.3) is 5.91 Å². The molecule has 0 saturated heterocycles. The van der Waals surface area contributed by atoms with E-state index in [1.54, 1.807) is 0 Å². The van der Waals surface area contributed by atoms with Crippen LogP contribution in [0.2, 0.25) is 0 Å². The van der Waals surface area contributed by atoms with Crippen molar-refractivity contribution in [2.45, 2.75) is 6.92 Å². The predicted octanol–water partition coefficient (Wildman–Crippen LogP) is 1.98. The Morgan fingerprint density at radius 1 is 1.44 bits per heavy atom. The van der Waals surface area contributed by atoms with Crippen LogP contribution in [0.4, 0.5) is 5.13 Å². The number of anilines is 1. The van der Waals surface area contributed by atoms with E-state index >= 15 is 0 Å². The van der Waals surface area contributed by atoms with Gasteiger partial charge in [-0.2, -0.15) is 15.4 Å².